The van der Waals surface area contributed by atoms with E-state index in [0.29, 0.717) is 0 Å². The first-order valence-corrected chi connectivity index (χ1v) is 7.99. The van der Waals surface area contributed by atoms with Gasteiger partial charge in [0.25, 0.3) is 5.91 Å². The Balaban J connectivity index is 0.00000208. The molecule has 3 aliphatic rings. The number of ether oxygens (including phenoxy) is 1. The number of guanidine groups is 1. The third-order valence-electron chi connectivity index (χ3n) is 3.45. The number of nitrogens with two attached hydrogens (primary N) is 1. The molecule has 3 heterocycles. The van der Waals surface area contributed by atoms with Crippen LogP contribution in [0.5, 0.6) is 0 Å². The van der Waals surface area contributed by atoms with Gasteiger partial charge >= 0.3 is 59.1 Å². The number of aliphatic imine (C=N–C) groups is 3. The van der Waals surface area contributed by atoms with E-state index in [1.54, 1.807) is 0 Å². The second-order valence-corrected chi connectivity index (χ2v) is 6.18. The molecule has 0 aromatic rings. The predicted octanol–water partition coefficient (Wildman–Crippen LogP) is -10.5. The molecule has 5 N–H and O–H groups in total. The summed E-state index contributed by atoms with van der Waals surface area (Å²) >= 11 is 0. The van der Waals surface area contributed by atoms with Crippen LogP contribution >= 0.6 is 7.82 Å². The molecular weight excluding hydrogens is 395 g/mol. The van der Waals surface area contributed by atoms with Crippen molar-refractivity contribution >= 4 is 31.9 Å². The number of phosphoric acid groups is 1. The Morgan fingerprint density at radius 2 is 2.08 bits per heavy atom. The van der Waals surface area contributed by atoms with E-state index >= 15 is 0 Å². The van der Waals surface area contributed by atoms with E-state index in [1.807, 2.05) is 0 Å². The molecule has 3 aliphatic heterocycles. The second kappa shape index (κ2) is 10.2. The molecule has 0 spiro atoms. The van der Waals surface area contributed by atoms with Crippen LogP contribution in [-0.4, -0.2) is 70.6 Å². The fourth-order valence-electron chi connectivity index (χ4n) is 2.44. The zero-order valence-corrected chi connectivity index (χ0v) is 18.9. The number of aliphatic hydroxyl groups is 1. The summed E-state index contributed by atoms with van der Waals surface area (Å²) in [5, 5.41) is 9.89. The van der Waals surface area contributed by atoms with E-state index in [-0.39, 0.29) is 82.8 Å². The molecule has 1 fully saturated rings. The maximum Gasteiger partial charge on any atom is 1.00 e. The van der Waals surface area contributed by atoms with Crippen molar-refractivity contribution in [1.82, 2.24) is 4.90 Å². The second-order valence-electron chi connectivity index (χ2n) is 5.03. The maximum absolute atomic E-state index is 11.7. The first-order valence-electron chi connectivity index (χ1n) is 6.53. The predicted molar refractivity (Wildman–Crippen MR) is 74.6 cm³/mol. The van der Waals surface area contributed by atoms with Crippen molar-refractivity contribution in [3.05, 3.63) is 0 Å². The van der Waals surface area contributed by atoms with Gasteiger partial charge < -0.3 is 39.9 Å². The number of amides is 1. The molecule has 13 nitrogen and oxygen atoms in total. The van der Waals surface area contributed by atoms with Crippen molar-refractivity contribution in [3.63, 3.8) is 0 Å². The summed E-state index contributed by atoms with van der Waals surface area (Å²) in [6, 6.07) is -0.915. The fourth-order valence-corrected chi connectivity index (χ4v) is 2.77. The van der Waals surface area contributed by atoms with Gasteiger partial charge in [-0.05, 0) is 0 Å². The van der Waals surface area contributed by atoms with Gasteiger partial charge in [-0.3, -0.25) is 14.7 Å². The monoisotopic (exact) mass is 409 g/mol. The zero-order chi connectivity index (χ0) is 16.8. The molecule has 26 heavy (non-hydrogen) atoms. The van der Waals surface area contributed by atoms with Crippen LogP contribution in [-0.2, 0) is 18.6 Å². The number of phosphoric ester groups is 1. The number of carbonyl (C=O) groups excluding carboxylic acids is 1. The summed E-state index contributed by atoms with van der Waals surface area (Å²) in [6.45, 7) is -0.606. The van der Waals surface area contributed by atoms with Crippen LogP contribution in [0.25, 0.3) is 0 Å². The Bertz CT molecular complexity index is 670. The smallest absolute Gasteiger partial charge is 0.790 e. The molecule has 0 bridgehead atoms. The summed E-state index contributed by atoms with van der Waals surface area (Å²) in [4.78, 5) is 45.5. The van der Waals surface area contributed by atoms with Gasteiger partial charge in [0, 0.05) is 6.42 Å². The Morgan fingerprint density at radius 1 is 1.42 bits per heavy atom. The van der Waals surface area contributed by atoms with Crippen molar-refractivity contribution in [2.75, 3.05) is 6.61 Å². The number of carbonyl (C=O) groups is 1. The minimum absolute atomic E-state index is 0. The molecule has 3 rings (SSSR count). The average Bonchev–Trinajstić information content (AvgIpc) is 2.99. The molecule has 0 aromatic heterocycles. The molecule has 1 unspecified atom stereocenters. The normalized spacial score (nSPS) is 29.8. The number of amidine groups is 1. The van der Waals surface area contributed by atoms with E-state index < -0.39 is 44.8 Å². The van der Waals surface area contributed by atoms with Gasteiger partial charge in [0.1, 0.15) is 12.3 Å². The molecule has 134 valence electrons. The summed E-state index contributed by atoms with van der Waals surface area (Å²) in [5.41, 5.74) is 5.44. The SMILES string of the molecule is NC1=NC(=O)C2N=CN([C@H]3C[C@H](O)[C@@H](COP(=O)([O-])[O-])O3)C2=N1.O.[Na+].[Na+]. The van der Waals surface area contributed by atoms with Crippen LogP contribution in [0.3, 0.4) is 0 Å². The van der Waals surface area contributed by atoms with E-state index in [2.05, 4.69) is 19.5 Å². The fraction of sp³-hybridized carbons (Fsp3) is 0.600. The van der Waals surface area contributed by atoms with Gasteiger partial charge in [0.2, 0.25) is 5.96 Å². The van der Waals surface area contributed by atoms with E-state index in [9.17, 15) is 24.3 Å². The Hall–Kier alpha value is 0.270. The van der Waals surface area contributed by atoms with Crippen LogP contribution in [0.4, 0.5) is 0 Å². The van der Waals surface area contributed by atoms with Crippen LogP contribution in [0, 0.1) is 0 Å². The van der Waals surface area contributed by atoms with Gasteiger partial charge in [0.05, 0.1) is 26.9 Å². The summed E-state index contributed by atoms with van der Waals surface area (Å²) < 4.78 is 20.1. The van der Waals surface area contributed by atoms with Gasteiger partial charge in [-0.15, -0.1) is 0 Å². The van der Waals surface area contributed by atoms with E-state index in [1.165, 1.54) is 11.2 Å². The van der Waals surface area contributed by atoms with Crippen LogP contribution in [0.2, 0.25) is 0 Å². The van der Waals surface area contributed by atoms with Gasteiger partial charge in [0.15, 0.2) is 11.9 Å². The topological polar surface area (TPSA) is 217 Å². The molecular formula is C10H14N5Na2O8P. The number of fused-ring (bicyclic) bond motifs is 1. The van der Waals surface area contributed by atoms with Crippen LogP contribution in [0.15, 0.2) is 15.0 Å². The van der Waals surface area contributed by atoms with Crippen molar-refractivity contribution in [1.29, 1.82) is 0 Å². The number of aliphatic hydroxyl groups excluding tert-OH is 1. The molecule has 0 saturated carbocycles. The van der Waals surface area contributed by atoms with Gasteiger partial charge in [-0.2, -0.15) is 9.98 Å². The van der Waals surface area contributed by atoms with Crippen LogP contribution in [0.1, 0.15) is 6.42 Å². The summed E-state index contributed by atoms with van der Waals surface area (Å²) in [6.07, 6.45) is -1.47. The average molecular weight is 409 g/mol. The maximum atomic E-state index is 11.7. The molecule has 0 radical (unpaired) electrons. The Kier molecular flexibility index (Phi) is 10.3. The third-order valence-corrected chi connectivity index (χ3v) is 3.91. The minimum Gasteiger partial charge on any atom is -0.790 e. The molecule has 0 aromatic carbocycles. The minimum atomic E-state index is -5.16. The molecule has 0 aliphatic carbocycles. The quantitative estimate of drug-likeness (QED) is 0.332. The Labute approximate surface area is 191 Å². The van der Waals surface area contributed by atoms with Crippen molar-refractivity contribution in [2.45, 2.75) is 30.9 Å². The molecule has 1 amide bonds. The molecule has 1 saturated heterocycles. The van der Waals surface area contributed by atoms with Crippen LogP contribution < -0.4 is 74.6 Å². The molecule has 4 atom stereocenters. The zero-order valence-electron chi connectivity index (χ0n) is 14.0. The first kappa shape index (κ1) is 26.3. The first-order chi connectivity index (χ1) is 10.7. The summed E-state index contributed by atoms with van der Waals surface area (Å²) in [5.74, 6) is -0.572. The van der Waals surface area contributed by atoms with E-state index in [4.69, 9.17) is 10.5 Å². The van der Waals surface area contributed by atoms with Crippen molar-refractivity contribution < 1.29 is 98.1 Å². The van der Waals surface area contributed by atoms with Gasteiger partial charge in [-0.1, -0.05) is 0 Å². The number of hydrogen-bond donors (Lipinski definition) is 2. The number of nitrogens with zero attached hydrogens (tertiary/aromatic N) is 4. The third kappa shape index (κ3) is 5.88. The standard InChI is InChI=1S/C10H14N5O7P.2Na.H2O/c11-10-13-8-7(9(17)14-10)12-3-15(8)6-1-4(16)5(22-6)2-21-23(18,19)20;;;/h3-7,16H,1-2H2,(H2,11,14,17)(H2,18,19,20);;;1H2/q;2*+1;/p-2/t4-,5+,6+,7?;;;/m0.../s1. The summed E-state index contributed by atoms with van der Waals surface area (Å²) in [7, 11) is -5.16. The van der Waals surface area contributed by atoms with Crippen molar-refractivity contribution in [2.24, 2.45) is 20.7 Å². The Morgan fingerprint density at radius 3 is 2.69 bits per heavy atom. The van der Waals surface area contributed by atoms with Crippen molar-refractivity contribution in [3.8, 4) is 0 Å². The molecule has 16 heteroatoms. The largest absolute Gasteiger partial charge is 1.00 e. The van der Waals surface area contributed by atoms with Gasteiger partial charge in [-0.25, -0.2) is 0 Å². The number of hydrogen-bond acceptors (Lipinski definition) is 11. The number of rotatable bonds is 4. The van der Waals surface area contributed by atoms with E-state index in [0.717, 1.165) is 0 Å².